The second-order valence-electron chi connectivity index (χ2n) is 5.79. The number of hydrogen-bond donors (Lipinski definition) is 1. The van der Waals surface area contributed by atoms with E-state index in [2.05, 4.69) is 10.2 Å². The first-order valence-corrected chi connectivity index (χ1v) is 9.94. The van der Waals surface area contributed by atoms with E-state index in [1.54, 1.807) is 29.2 Å². The maximum Gasteiger partial charge on any atom is 0.360 e. The van der Waals surface area contributed by atoms with Gasteiger partial charge in [-0.1, -0.05) is 11.6 Å². The van der Waals surface area contributed by atoms with Crippen LogP contribution >= 0.6 is 11.6 Å². The fourth-order valence-electron chi connectivity index (χ4n) is 2.92. The molecule has 1 saturated heterocycles. The summed E-state index contributed by atoms with van der Waals surface area (Å²) in [6.45, 7) is 2.26. The molecule has 1 aliphatic heterocycles. The Bertz CT molecular complexity index is 895. The lowest BCUT2D eigenvalue weighted by Crippen LogP contribution is -2.37. The lowest BCUT2D eigenvalue weighted by atomic mass is 10.2. The number of benzene rings is 1. The van der Waals surface area contributed by atoms with Gasteiger partial charge in [-0.05, 0) is 37.6 Å². The summed E-state index contributed by atoms with van der Waals surface area (Å²) in [6.07, 6.45) is 0.447. The number of aromatic nitrogens is 3. The van der Waals surface area contributed by atoms with Gasteiger partial charge in [0.2, 0.25) is 5.69 Å². The molecule has 1 N–H and O–H groups in total. The second-order valence-corrected chi connectivity index (χ2v) is 8.45. The van der Waals surface area contributed by atoms with Crippen LogP contribution in [0.15, 0.2) is 24.3 Å². The van der Waals surface area contributed by atoms with E-state index in [1.807, 2.05) is 6.92 Å². The van der Waals surface area contributed by atoms with Crippen LogP contribution in [0.25, 0.3) is 5.69 Å². The van der Waals surface area contributed by atoms with Crippen molar-refractivity contribution in [1.82, 2.24) is 15.0 Å². The number of carboxylic acids is 1. The maximum absolute atomic E-state index is 11.8. The van der Waals surface area contributed by atoms with Gasteiger partial charge < -0.3 is 10.0 Å². The minimum atomic E-state index is -3.10. The average Bonchev–Trinajstić information content (AvgIpc) is 3.13. The fourth-order valence-corrected chi connectivity index (χ4v) is 4.78. The first kappa shape index (κ1) is 17.7. The van der Waals surface area contributed by atoms with E-state index in [0.717, 1.165) is 0 Å². The molecule has 8 nitrogen and oxygen atoms in total. The third kappa shape index (κ3) is 3.62. The van der Waals surface area contributed by atoms with E-state index < -0.39 is 15.8 Å². The summed E-state index contributed by atoms with van der Waals surface area (Å²) in [6, 6.07) is 6.36. The SMILES string of the molecule is CCN(c1nn(-c2ccc(Cl)cc2)nc1C(=O)O)C1CCS(=O)(=O)C1. The van der Waals surface area contributed by atoms with Crippen molar-refractivity contribution < 1.29 is 18.3 Å². The molecule has 25 heavy (non-hydrogen) atoms. The lowest BCUT2D eigenvalue weighted by Gasteiger charge is -2.26. The zero-order valence-corrected chi connectivity index (χ0v) is 15.0. The molecule has 1 aliphatic rings. The van der Waals surface area contributed by atoms with E-state index in [1.165, 1.54) is 4.80 Å². The van der Waals surface area contributed by atoms with Crippen LogP contribution in [0.4, 0.5) is 5.82 Å². The third-order valence-corrected chi connectivity index (χ3v) is 6.12. The molecule has 1 fully saturated rings. The van der Waals surface area contributed by atoms with Crippen LogP contribution in [0.1, 0.15) is 23.8 Å². The molecule has 2 aromatic rings. The van der Waals surface area contributed by atoms with Gasteiger partial charge in [0.15, 0.2) is 15.7 Å². The number of sulfone groups is 1. The van der Waals surface area contributed by atoms with Gasteiger partial charge in [-0.25, -0.2) is 13.2 Å². The van der Waals surface area contributed by atoms with Gasteiger partial charge in [-0.2, -0.15) is 0 Å². The average molecular weight is 385 g/mol. The molecule has 0 radical (unpaired) electrons. The molecule has 1 aromatic carbocycles. The minimum absolute atomic E-state index is 0.00625. The molecular formula is C15H17ClN4O4S. The first-order valence-electron chi connectivity index (χ1n) is 7.74. The highest BCUT2D eigenvalue weighted by Gasteiger charge is 2.35. The Morgan fingerprint density at radius 1 is 1.36 bits per heavy atom. The highest BCUT2D eigenvalue weighted by atomic mass is 35.5. The Kier molecular flexibility index (Phi) is 4.70. The molecule has 0 amide bonds. The van der Waals surface area contributed by atoms with Crippen LogP contribution in [-0.2, 0) is 9.84 Å². The fraction of sp³-hybridized carbons (Fsp3) is 0.400. The number of carboxylic acid groups (broad SMARTS) is 1. The standard InChI is InChI=1S/C15H17ClN4O4S/c1-2-19(12-7-8-25(23,24)9-12)14-13(15(21)22)17-20(18-14)11-5-3-10(16)4-6-11/h3-6,12H,2,7-9H2,1H3,(H,21,22). The Balaban J connectivity index is 2.01. The smallest absolute Gasteiger partial charge is 0.360 e. The Morgan fingerprint density at radius 3 is 2.56 bits per heavy atom. The lowest BCUT2D eigenvalue weighted by molar-refractivity contribution is 0.0690. The summed E-state index contributed by atoms with van der Waals surface area (Å²) in [4.78, 5) is 14.5. The minimum Gasteiger partial charge on any atom is -0.476 e. The topological polar surface area (TPSA) is 105 Å². The molecule has 0 saturated carbocycles. The van der Waals surface area contributed by atoms with Gasteiger partial charge in [-0.3, -0.25) is 0 Å². The number of rotatable bonds is 5. The van der Waals surface area contributed by atoms with Crippen molar-refractivity contribution in [2.24, 2.45) is 0 Å². The van der Waals surface area contributed by atoms with Crippen LogP contribution in [0.2, 0.25) is 5.02 Å². The van der Waals surface area contributed by atoms with E-state index in [9.17, 15) is 18.3 Å². The van der Waals surface area contributed by atoms with Crippen molar-refractivity contribution in [3.05, 3.63) is 35.0 Å². The molecule has 3 rings (SSSR count). The maximum atomic E-state index is 11.8. The third-order valence-electron chi connectivity index (χ3n) is 4.12. The monoisotopic (exact) mass is 384 g/mol. The highest BCUT2D eigenvalue weighted by Crippen LogP contribution is 2.26. The summed E-state index contributed by atoms with van der Waals surface area (Å²) in [5.74, 6) is -0.947. The molecule has 0 aliphatic carbocycles. The summed E-state index contributed by atoms with van der Waals surface area (Å²) in [5.41, 5.74) is 0.356. The number of halogens is 1. The Morgan fingerprint density at radius 2 is 2.04 bits per heavy atom. The second kappa shape index (κ2) is 6.64. The van der Waals surface area contributed by atoms with Gasteiger partial charge in [0.1, 0.15) is 0 Å². The summed E-state index contributed by atoms with van der Waals surface area (Å²) >= 11 is 5.86. The van der Waals surface area contributed by atoms with Gasteiger partial charge in [0, 0.05) is 17.6 Å². The predicted octanol–water partition coefficient (Wildman–Crippen LogP) is 1.63. The number of hydrogen-bond acceptors (Lipinski definition) is 6. The van der Waals surface area contributed by atoms with E-state index >= 15 is 0 Å². The molecule has 2 heterocycles. The zero-order chi connectivity index (χ0) is 18.2. The van der Waals surface area contributed by atoms with E-state index in [-0.39, 0.29) is 29.1 Å². The molecule has 0 spiro atoms. The van der Waals surface area contributed by atoms with Crippen LogP contribution in [0.3, 0.4) is 0 Å². The predicted molar refractivity (Wildman–Crippen MR) is 93.4 cm³/mol. The number of carbonyl (C=O) groups is 1. The van der Waals surface area contributed by atoms with Gasteiger partial charge in [-0.15, -0.1) is 15.0 Å². The number of aromatic carboxylic acids is 1. The van der Waals surface area contributed by atoms with E-state index in [0.29, 0.717) is 23.7 Å². The zero-order valence-electron chi connectivity index (χ0n) is 13.5. The van der Waals surface area contributed by atoms with Crippen LogP contribution in [0, 0.1) is 0 Å². The molecular weight excluding hydrogens is 368 g/mol. The largest absolute Gasteiger partial charge is 0.476 e. The summed E-state index contributed by atoms with van der Waals surface area (Å²) in [7, 11) is -3.10. The van der Waals surface area contributed by atoms with Crippen molar-refractivity contribution in [2.75, 3.05) is 23.0 Å². The number of anilines is 1. The summed E-state index contributed by atoms with van der Waals surface area (Å²) < 4.78 is 23.5. The van der Waals surface area contributed by atoms with Crippen molar-refractivity contribution in [2.45, 2.75) is 19.4 Å². The quantitative estimate of drug-likeness (QED) is 0.835. The molecule has 10 heteroatoms. The van der Waals surface area contributed by atoms with Gasteiger partial charge >= 0.3 is 5.97 Å². The van der Waals surface area contributed by atoms with Crippen molar-refractivity contribution in [3.8, 4) is 5.69 Å². The first-order chi connectivity index (χ1) is 11.8. The molecule has 1 aromatic heterocycles. The van der Waals surface area contributed by atoms with Crippen LogP contribution in [0.5, 0.6) is 0 Å². The highest BCUT2D eigenvalue weighted by molar-refractivity contribution is 7.91. The van der Waals surface area contributed by atoms with Crippen molar-refractivity contribution in [3.63, 3.8) is 0 Å². The molecule has 0 bridgehead atoms. The Labute approximate surface area is 149 Å². The molecule has 1 atom stereocenters. The van der Waals surface area contributed by atoms with Gasteiger partial charge in [0.05, 0.1) is 17.2 Å². The van der Waals surface area contributed by atoms with Crippen molar-refractivity contribution >= 4 is 33.2 Å². The molecule has 134 valence electrons. The molecule has 1 unspecified atom stereocenters. The van der Waals surface area contributed by atoms with Crippen molar-refractivity contribution in [1.29, 1.82) is 0 Å². The number of nitrogens with zero attached hydrogens (tertiary/aromatic N) is 4. The normalized spacial score (nSPS) is 19.0. The van der Waals surface area contributed by atoms with E-state index in [4.69, 9.17) is 11.6 Å². The Hall–Kier alpha value is -2.13. The van der Waals surface area contributed by atoms with Crippen LogP contribution in [-0.4, -0.2) is 58.6 Å². The van der Waals surface area contributed by atoms with Gasteiger partial charge in [0.25, 0.3) is 0 Å². The van der Waals surface area contributed by atoms with Crippen LogP contribution < -0.4 is 4.90 Å². The summed E-state index contributed by atoms with van der Waals surface area (Å²) in [5, 5.41) is 18.4.